The zero-order valence-corrected chi connectivity index (χ0v) is 9.77. The van der Waals surface area contributed by atoms with Crippen molar-refractivity contribution in [3.8, 4) is 0 Å². The summed E-state index contributed by atoms with van der Waals surface area (Å²) >= 11 is 5.75. The van der Waals surface area contributed by atoms with E-state index in [-0.39, 0.29) is 6.04 Å². The van der Waals surface area contributed by atoms with Crippen molar-refractivity contribution < 1.29 is 4.42 Å². The second-order valence-electron chi connectivity index (χ2n) is 3.67. The first-order chi connectivity index (χ1) is 6.69. The van der Waals surface area contributed by atoms with Crippen LogP contribution in [-0.4, -0.2) is 7.05 Å². The van der Waals surface area contributed by atoms with E-state index >= 15 is 0 Å². The van der Waals surface area contributed by atoms with Crippen molar-refractivity contribution >= 4 is 11.6 Å². The van der Waals surface area contributed by atoms with Crippen molar-refractivity contribution in [3.05, 3.63) is 23.1 Å². The van der Waals surface area contributed by atoms with E-state index < -0.39 is 0 Å². The van der Waals surface area contributed by atoms with Gasteiger partial charge in [-0.25, -0.2) is 0 Å². The fraction of sp³-hybridized carbons (Fsp3) is 0.636. The Bertz CT molecular complexity index is 272. The molecule has 0 saturated carbocycles. The minimum atomic E-state index is 0.266. The van der Waals surface area contributed by atoms with E-state index in [0.29, 0.717) is 11.1 Å². The normalized spacial score (nSPS) is 15.4. The van der Waals surface area contributed by atoms with Gasteiger partial charge in [0.05, 0.1) is 6.04 Å². The number of hydrogen-bond donors (Lipinski definition) is 1. The summed E-state index contributed by atoms with van der Waals surface area (Å²) in [6.45, 7) is 4.42. The third-order valence-electron chi connectivity index (χ3n) is 2.52. The third kappa shape index (κ3) is 2.76. The highest BCUT2D eigenvalue weighted by Crippen LogP contribution is 2.27. The van der Waals surface area contributed by atoms with E-state index in [1.807, 2.05) is 13.1 Å². The molecule has 0 aliphatic heterocycles. The Kier molecular flexibility index (Phi) is 4.49. The molecule has 0 aromatic carbocycles. The van der Waals surface area contributed by atoms with Crippen LogP contribution in [0.5, 0.6) is 0 Å². The standard InChI is InChI=1S/C11H18ClNO/c1-4-5-8(2)11(13-3)9-6-7-10(12)14-9/h6-8,11,13H,4-5H2,1-3H3. The van der Waals surface area contributed by atoms with Gasteiger partial charge in [0.25, 0.3) is 0 Å². The molecule has 80 valence electrons. The van der Waals surface area contributed by atoms with Crippen LogP contribution in [0.15, 0.2) is 16.5 Å². The van der Waals surface area contributed by atoms with E-state index in [4.69, 9.17) is 16.0 Å². The summed E-state index contributed by atoms with van der Waals surface area (Å²) in [6, 6.07) is 4.00. The summed E-state index contributed by atoms with van der Waals surface area (Å²) in [5.74, 6) is 1.49. The number of nitrogens with one attached hydrogen (secondary N) is 1. The summed E-state index contributed by atoms with van der Waals surface area (Å²) in [5, 5.41) is 3.73. The van der Waals surface area contributed by atoms with Gasteiger partial charge in [-0.1, -0.05) is 20.3 Å². The summed E-state index contributed by atoms with van der Waals surface area (Å²) < 4.78 is 5.41. The van der Waals surface area contributed by atoms with Crippen molar-refractivity contribution in [2.45, 2.75) is 32.7 Å². The van der Waals surface area contributed by atoms with Crippen molar-refractivity contribution in [1.82, 2.24) is 5.32 Å². The average molecular weight is 216 g/mol. The molecule has 2 nitrogen and oxygen atoms in total. The predicted octanol–water partition coefficient (Wildman–Crippen LogP) is 3.63. The number of halogens is 1. The largest absolute Gasteiger partial charge is 0.448 e. The Balaban J connectivity index is 2.71. The van der Waals surface area contributed by atoms with Crippen LogP contribution in [0.2, 0.25) is 5.22 Å². The van der Waals surface area contributed by atoms with Gasteiger partial charge in [-0.15, -0.1) is 0 Å². The lowest BCUT2D eigenvalue weighted by Crippen LogP contribution is -2.22. The highest BCUT2D eigenvalue weighted by Gasteiger charge is 2.19. The molecule has 1 aromatic rings. The van der Waals surface area contributed by atoms with E-state index in [0.717, 1.165) is 5.76 Å². The number of furan rings is 1. The van der Waals surface area contributed by atoms with Gasteiger partial charge in [0.2, 0.25) is 0 Å². The lowest BCUT2D eigenvalue weighted by Gasteiger charge is -2.20. The van der Waals surface area contributed by atoms with Gasteiger partial charge in [-0.2, -0.15) is 0 Å². The summed E-state index contributed by atoms with van der Waals surface area (Å²) in [4.78, 5) is 0. The maximum absolute atomic E-state index is 5.75. The van der Waals surface area contributed by atoms with Crippen LogP contribution in [0.25, 0.3) is 0 Å². The predicted molar refractivity (Wildman–Crippen MR) is 59.6 cm³/mol. The van der Waals surface area contributed by atoms with Crippen LogP contribution in [0.1, 0.15) is 38.5 Å². The Morgan fingerprint density at radius 2 is 2.21 bits per heavy atom. The van der Waals surface area contributed by atoms with Crippen LogP contribution in [0.3, 0.4) is 0 Å². The van der Waals surface area contributed by atoms with Crippen LogP contribution in [0, 0.1) is 5.92 Å². The molecule has 1 N–H and O–H groups in total. The van der Waals surface area contributed by atoms with Crippen LogP contribution in [0.4, 0.5) is 0 Å². The number of hydrogen-bond acceptors (Lipinski definition) is 2. The van der Waals surface area contributed by atoms with Crippen LogP contribution >= 0.6 is 11.6 Å². The van der Waals surface area contributed by atoms with Crippen molar-refractivity contribution in [3.63, 3.8) is 0 Å². The minimum absolute atomic E-state index is 0.266. The Hall–Kier alpha value is -0.470. The molecular formula is C11H18ClNO. The van der Waals surface area contributed by atoms with Gasteiger partial charge in [-0.05, 0) is 43.1 Å². The van der Waals surface area contributed by atoms with E-state index in [1.54, 1.807) is 6.07 Å². The molecule has 0 aliphatic rings. The Morgan fingerprint density at radius 3 is 2.64 bits per heavy atom. The Labute approximate surface area is 90.6 Å². The highest BCUT2D eigenvalue weighted by molar-refractivity contribution is 6.28. The van der Waals surface area contributed by atoms with Crippen LogP contribution < -0.4 is 5.32 Å². The van der Waals surface area contributed by atoms with E-state index in [9.17, 15) is 0 Å². The molecule has 0 fully saturated rings. The molecule has 14 heavy (non-hydrogen) atoms. The van der Waals surface area contributed by atoms with Gasteiger partial charge >= 0.3 is 0 Å². The zero-order chi connectivity index (χ0) is 10.6. The molecule has 2 atom stereocenters. The smallest absolute Gasteiger partial charge is 0.193 e. The molecule has 0 radical (unpaired) electrons. The van der Waals surface area contributed by atoms with Gasteiger partial charge in [0.15, 0.2) is 5.22 Å². The average Bonchev–Trinajstić information content (AvgIpc) is 2.54. The molecule has 1 heterocycles. The minimum Gasteiger partial charge on any atom is -0.448 e. The second kappa shape index (κ2) is 5.42. The molecule has 3 heteroatoms. The molecule has 0 aliphatic carbocycles. The SMILES string of the molecule is CCCC(C)C(NC)c1ccc(Cl)o1. The monoisotopic (exact) mass is 215 g/mol. The second-order valence-corrected chi connectivity index (χ2v) is 4.05. The molecule has 1 aromatic heterocycles. The van der Waals surface area contributed by atoms with E-state index in [2.05, 4.69) is 19.2 Å². The maximum Gasteiger partial charge on any atom is 0.193 e. The third-order valence-corrected chi connectivity index (χ3v) is 2.73. The number of rotatable bonds is 5. The van der Waals surface area contributed by atoms with Gasteiger partial charge in [0.1, 0.15) is 5.76 Å². The molecule has 0 bridgehead atoms. The lowest BCUT2D eigenvalue weighted by atomic mass is 9.95. The van der Waals surface area contributed by atoms with Gasteiger partial charge in [-0.3, -0.25) is 0 Å². The first kappa shape index (κ1) is 11.6. The summed E-state index contributed by atoms with van der Waals surface area (Å²) in [6.07, 6.45) is 2.37. The van der Waals surface area contributed by atoms with Crippen molar-refractivity contribution in [2.24, 2.45) is 5.92 Å². The fourth-order valence-corrected chi connectivity index (χ4v) is 1.98. The van der Waals surface area contributed by atoms with Gasteiger partial charge < -0.3 is 9.73 Å². The zero-order valence-electron chi connectivity index (χ0n) is 9.01. The van der Waals surface area contributed by atoms with Crippen molar-refractivity contribution in [2.75, 3.05) is 7.05 Å². The summed E-state index contributed by atoms with van der Waals surface area (Å²) in [7, 11) is 1.95. The quantitative estimate of drug-likeness (QED) is 0.812. The first-order valence-corrected chi connectivity index (χ1v) is 5.49. The fourth-order valence-electron chi connectivity index (χ4n) is 1.82. The van der Waals surface area contributed by atoms with Gasteiger partial charge in [0, 0.05) is 0 Å². The molecule has 0 spiro atoms. The molecule has 0 amide bonds. The van der Waals surface area contributed by atoms with Crippen molar-refractivity contribution in [1.29, 1.82) is 0 Å². The maximum atomic E-state index is 5.75. The Morgan fingerprint density at radius 1 is 1.50 bits per heavy atom. The van der Waals surface area contributed by atoms with E-state index in [1.165, 1.54) is 12.8 Å². The molecule has 0 saturated heterocycles. The lowest BCUT2D eigenvalue weighted by molar-refractivity contribution is 0.326. The molecule has 1 rings (SSSR count). The topological polar surface area (TPSA) is 25.2 Å². The summed E-state index contributed by atoms with van der Waals surface area (Å²) in [5.41, 5.74) is 0. The molecule has 2 unspecified atom stereocenters. The molecular weight excluding hydrogens is 198 g/mol. The first-order valence-electron chi connectivity index (χ1n) is 5.11. The highest BCUT2D eigenvalue weighted by atomic mass is 35.5. The van der Waals surface area contributed by atoms with Crippen LogP contribution in [-0.2, 0) is 0 Å².